The number of hydrazine groups is 1. The third kappa shape index (κ3) is 3.55. The van der Waals surface area contributed by atoms with E-state index >= 15 is 0 Å². The van der Waals surface area contributed by atoms with E-state index in [2.05, 4.69) is 17.7 Å². The summed E-state index contributed by atoms with van der Waals surface area (Å²) in [4.78, 5) is 39.4. The van der Waals surface area contributed by atoms with E-state index in [4.69, 9.17) is 9.47 Å². The van der Waals surface area contributed by atoms with Crippen molar-refractivity contribution in [2.75, 3.05) is 32.8 Å². The number of hydrogen-bond donors (Lipinski definition) is 2. The van der Waals surface area contributed by atoms with Crippen molar-refractivity contribution in [3.63, 3.8) is 0 Å². The highest BCUT2D eigenvalue weighted by Crippen LogP contribution is 2.36. The fraction of sp³-hybridized carbons (Fsp3) is 0.833. The SMILES string of the molecule is CC1CCC2(CC1)NC(=O)N(NC(=O)CN1CCC3(CC1)OCCO3)C2=O. The number of rotatable bonds is 3. The molecule has 3 aliphatic heterocycles. The highest BCUT2D eigenvalue weighted by Gasteiger charge is 2.53. The summed E-state index contributed by atoms with van der Waals surface area (Å²) in [6.45, 7) is 4.88. The van der Waals surface area contributed by atoms with Crippen molar-refractivity contribution >= 4 is 17.8 Å². The van der Waals surface area contributed by atoms with Crippen LogP contribution in [0.5, 0.6) is 0 Å². The molecular formula is C18H28N4O5. The summed E-state index contributed by atoms with van der Waals surface area (Å²) in [7, 11) is 0. The van der Waals surface area contributed by atoms with Gasteiger partial charge in [0, 0.05) is 25.9 Å². The molecule has 4 amide bonds. The van der Waals surface area contributed by atoms with Gasteiger partial charge in [0.05, 0.1) is 19.8 Å². The summed E-state index contributed by atoms with van der Waals surface area (Å²) in [5, 5.41) is 3.68. The van der Waals surface area contributed by atoms with Crippen LogP contribution >= 0.6 is 0 Å². The lowest BCUT2D eigenvalue weighted by atomic mass is 9.77. The molecule has 0 aromatic heterocycles. The summed E-state index contributed by atoms with van der Waals surface area (Å²) in [5.74, 6) is -0.622. The molecule has 0 aromatic carbocycles. The smallest absolute Gasteiger partial charge is 0.344 e. The molecule has 27 heavy (non-hydrogen) atoms. The van der Waals surface area contributed by atoms with E-state index in [1.807, 2.05) is 4.90 Å². The molecule has 4 aliphatic rings. The number of nitrogens with zero attached hydrogens (tertiary/aromatic N) is 2. The summed E-state index contributed by atoms with van der Waals surface area (Å²) in [6.07, 6.45) is 4.47. The second-order valence-corrected chi connectivity index (χ2v) is 8.25. The summed E-state index contributed by atoms with van der Waals surface area (Å²) < 4.78 is 11.4. The first-order valence-electron chi connectivity index (χ1n) is 9.88. The van der Waals surface area contributed by atoms with Crippen LogP contribution in [0.15, 0.2) is 0 Å². The molecule has 0 bridgehead atoms. The number of hydrogen-bond acceptors (Lipinski definition) is 6. The molecule has 1 aliphatic carbocycles. The average Bonchev–Trinajstić information content (AvgIpc) is 3.19. The van der Waals surface area contributed by atoms with Gasteiger partial charge in [0.1, 0.15) is 5.54 Å². The van der Waals surface area contributed by atoms with E-state index in [1.54, 1.807) is 0 Å². The fourth-order valence-corrected chi connectivity index (χ4v) is 4.52. The minimum Gasteiger partial charge on any atom is -0.347 e. The lowest BCUT2D eigenvalue weighted by molar-refractivity contribution is -0.185. The normalized spacial score (nSPS) is 33.7. The van der Waals surface area contributed by atoms with Gasteiger partial charge in [-0.2, -0.15) is 5.01 Å². The standard InChI is InChI=1S/C18H28N4O5/c1-13-2-4-17(5-3-13)15(24)22(16(25)19-17)20-14(23)12-21-8-6-18(7-9-21)26-10-11-27-18/h13H,2-12H2,1H3,(H,19,25)(H,20,23). The molecule has 2 spiro atoms. The second kappa shape index (κ2) is 7.03. The van der Waals surface area contributed by atoms with Crippen LogP contribution in [0.2, 0.25) is 0 Å². The van der Waals surface area contributed by atoms with Crippen LogP contribution in [0.25, 0.3) is 0 Å². The molecule has 0 aromatic rings. The molecule has 3 saturated heterocycles. The van der Waals surface area contributed by atoms with E-state index < -0.39 is 17.4 Å². The first kappa shape index (κ1) is 18.6. The number of imide groups is 1. The average molecular weight is 380 g/mol. The molecule has 150 valence electrons. The van der Waals surface area contributed by atoms with Gasteiger partial charge in [0.25, 0.3) is 11.8 Å². The van der Waals surface area contributed by atoms with Crippen LogP contribution in [0.4, 0.5) is 4.79 Å². The number of carbonyl (C=O) groups excluding carboxylic acids is 3. The Morgan fingerprint density at radius 2 is 1.78 bits per heavy atom. The van der Waals surface area contributed by atoms with Crippen LogP contribution < -0.4 is 10.7 Å². The lowest BCUT2D eigenvalue weighted by Gasteiger charge is -2.37. The molecule has 9 heteroatoms. The fourth-order valence-electron chi connectivity index (χ4n) is 4.52. The van der Waals surface area contributed by atoms with Gasteiger partial charge in [-0.1, -0.05) is 6.92 Å². The van der Waals surface area contributed by atoms with Gasteiger partial charge in [0.2, 0.25) is 0 Å². The molecule has 0 radical (unpaired) electrons. The first-order valence-corrected chi connectivity index (χ1v) is 9.88. The molecule has 1 saturated carbocycles. The number of likely N-dealkylation sites (tertiary alicyclic amines) is 1. The Labute approximate surface area is 158 Å². The Balaban J connectivity index is 1.29. The number of amides is 4. The molecular weight excluding hydrogens is 352 g/mol. The number of carbonyl (C=O) groups is 3. The maximum Gasteiger partial charge on any atom is 0.344 e. The maximum absolute atomic E-state index is 12.8. The molecule has 4 fully saturated rings. The maximum atomic E-state index is 12.8. The van der Waals surface area contributed by atoms with E-state index in [1.165, 1.54) is 0 Å². The van der Waals surface area contributed by atoms with E-state index in [0.717, 1.165) is 17.9 Å². The van der Waals surface area contributed by atoms with Gasteiger partial charge >= 0.3 is 6.03 Å². The Morgan fingerprint density at radius 3 is 2.41 bits per heavy atom. The number of urea groups is 1. The molecule has 4 rings (SSSR count). The summed E-state index contributed by atoms with van der Waals surface area (Å²) >= 11 is 0. The summed E-state index contributed by atoms with van der Waals surface area (Å²) in [6, 6.07) is -0.534. The van der Waals surface area contributed by atoms with E-state index in [-0.39, 0.29) is 18.4 Å². The minimum absolute atomic E-state index is 0.136. The second-order valence-electron chi connectivity index (χ2n) is 8.25. The largest absolute Gasteiger partial charge is 0.347 e. The zero-order valence-corrected chi connectivity index (χ0v) is 15.8. The minimum atomic E-state index is -0.842. The predicted molar refractivity (Wildman–Crippen MR) is 94.2 cm³/mol. The zero-order chi connectivity index (χ0) is 19.1. The molecule has 3 heterocycles. The van der Waals surface area contributed by atoms with E-state index in [9.17, 15) is 14.4 Å². The van der Waals surface area contributed by atoms with Crippen LogP contribution in [0.3, 0.4) is 0 Å². The Kier molecular flexibility index (Phi) is 4.85. The number of piperidine rings is 1. The van der Waals surface area contributed by atoms with Gasteiger partial charge < -0.3 is 14.8 Å². The molecule has 2 N–H and O–H groups in total. The van der Waals surface area contributed by atoms with Gasteiger partial charge in [-0.15, -0.1) is 0 Å². The third-order valence-electron chi connectivity index (χ3n) is 6.32. The van der Waals surface area contributed by atoms with Gasteiger partial charge in [-0.25, -0.2) is 4.79 Å². The van der Waals surface area contributed by atoms with Crippen molar-refractivity contribution in [1.82, 2.24) is 20.7 Å². The van der Waals surface area contributed by atoms with Crippen molar-refractivity contribution in [3.8, 4) is 0 Å². The van der Waals surface area contributed by atoms with Gasteiger partial charge in [0.15, 0.2) is 5.79 Å². The van der Waals surface area contributed by atoms with Crippen LogP contribution in [-0.2, 0) is 19.1 Å². The van der Waals surface area contributed by atoms with E-state index in [0.29, 0.717) is 57.9 Å². The van der Waals surface area contributed by atoms with Crippen LogP contribution in [-0.4, -0.2) is 71.9 Å². The lowest BCUT2D eigenvalue weighted by Crippen LogP contribution is -2.54. The topological polar surface area (TPSA) is 100 Å². The quantitative estimate of drug-likeness (QED) is 0.686. The highest BCUT2D eigenvalue weighted by atomic mass is 16.7. The molecule has 9 nitrogen and oxygen atoms in total. The predicted octanol–water partition coefficient (Wildman–Crippen LogP) is 0.357. The van der Waals surface area contributed by atoms with Crippen molar-refractivity contribution in [2.24, 2.45) is 5.92 Å². The monoisotopic (exact) mass is 380 g/mol. The summed E-state index contributed by atoms with van der Waals surface area (Å²) in [5.41, 5.74) is 1.66. The molecule has 0 unspecified atom stereocenters. The first-order chi connectivity index (χ1) is 12.9. The van der Waals surface area contributed by atoms with Crippen molar-refractivity contribution in [2.45, 2.75) is 56.8 Å². The zero-order valence-electron chi connectivity index (χ0n) is 15.8. The third-order valence-corrected chi connectivity index (χ3v) is 6.32. The number of ether oxygens (including phenoxy) is 2. The van der Waals surface area contributed by atoms with Crippen molar-refractivity contribution in [3.05, 3.63) is 0 Å². The Morgan fingerprint density at radius 1 is 1.15 bits per heavy atom. The van der Waals surface area contributed by atoms with Crippen molar-refractivity contribution < 1.29 is 23.9 Å². The van der Waals surface area contributed by atoms with Gasteiger partial charge in [-0.05, 0) is 31.6 Å². The van der Waals surface area contributed by atoms with Crippen LogP contribution in [0.1, 0.15) is 45.4 Å². The highest BCUT2D eigenvalue weighted by molar-refractivity contribution is 6.08. The Bertz CT molecular complexity index is 615. The molecule has 0 atom stereocenters. The van der Waals surface area contributed by atoms with Crippen LogP contribution in [0, 0.1) is 5.92 Å². The van der Waals surface area contributed by atoms with Crippen molar-refractivity contribution in [1.29, 1.82) is 0 Å². The Hall–Kier alpha value is -1.71. The van der Waals surface area contributed by atoms with Gasteiger partial charge in [-0.3, -0.25) is 19.9 Å². The number of nitrogens with one attached hydrogen (secondary N) is 2.